The van der Waals surface area contributed by atoms with E-state index in [1.165, 1.54) is 12.3 Å². The van der Waals surface area contributed by atoms with Gasteiger partial charge in [-0.25, -0.2) is 18.5 Å². The van der Waals surface area contributed by atoms with Crippen LogP contribution in [-0.4, -0.2) is 46.9 Å². The summed E-state index contributed by atoms with van der Waals surface area (Å²) in [6.45, 7) is 2.54. The van der Waals surface area contributed by atoms with Crippen LogP contribution < -0.4 is 11.4 Å². The molecule has 2 rings (SSSR count). The lowest BCUT2D eigenvalue weighted by Gasteiger charge is -2.27. The zero-order valence-corrected chi connectivity index (χ0v) is 18.0. The number of nitrogens with two attached hydrogens (primary N) is 1. The predicted octanol–water partition coefficient (Wildman–Crippen LogP) is -0.459. The van der Waals surface area contributed by atoms with E-state index in [1.54, 1.807) is 6.07 Å². The number of aliphatic hydroxyl groups is 1. The Morgan fingerprint density at radius 1 is 1.29 bits per heavy atom. The molecule has 0 radical (unpaired) electrons. The second kappa shape index (κ2) is 8.67. The van der Waals surface area contributed by atoms with Crippen LogP contribution >= 0.6 is 23.5 Å². The van der Waals surface area contributed by atoms with Gasteiger partial charge in [-0.2, -0.15) is 18.9 Å². The van der Waals surface area contributed by atoms with E-state index >= 15 is 0 Å². The molecule has 0 amide bonds. The molecule has 5 atom stereocenters. The van der Waals surface area contributed by atoms with Gasteiger partial charge in [0.1, 0.15) is 11.2 Å². The first-order chi connectivity index (χ1) is 14.0. The predicted molar refractivity (Wildman–Crippen MR) is 99.6 cm³/mol. The summed E-state index contributed by atoms with van der Waals surface area (Å²) in [6.07, 6.45) is -0.590. The molecule has 0 saturated heterocycles. The molecular formula is C12H17N4O12P3. The Bertz CT molecular complexity index is 1120. The lowest BCUT2D eigenvalue weighted by Crippen LogP contribution is -2.35. The highest BCUT2D eigenvalue weighted by atomic mass is 31.3. The highest BCUT2D eigenvalue weighted by Crippen LogP contribution is 2.66. The van der Waals surface area contributed by atoms with Gasteiger partial charge in [0.2, 0.25) is 0 Å². The minimum Gasteiger partial charge on any atom is -0.391 e. The first-order valence-corrected chi connectivity index (χ1v) is 12.5. The first-order valence-electron chi connectivity index (χ1n) is 7.93. The van der Waals surface area contributed by atoms with E-state index in [0.29, 0.717) is 0 Å². The molecule has 19 heteroatoms. The molecule has 1 aromatic rings. The number of nitrogens with zero attached hydrogens (tertiary/aromatic N) is 3. The lowest BCUT2D eigenvalue weighted by molar-refractivity contribution is 0.0581. The van der Waals surface area contributed by atoms with Crippen molar-refractivity contribution < 1.29 is 51.5 Å². The van der Waals surface area contributed by atoms with Crippen LogP contribution in [0.15, 0.2) is 29.2 Å². The number of hydrogen-bond donors (Lipinski definition) is 6. The summed E-state index contributed by atoms with van der Waals surface area (Å²) in [5, 5.41) is 20.0. The van der Waals surface area contributed by atoms with Gasteiger partial charge >= 0.3 is 29.2 Å². The second-order valence-electron chi connectivity index (χ2n) is 6.28. The zero-order valence-electron chi connectivity index (χ0n) is 15.3. The molecule has 2 unspecified atom stereocenters. The smallest absolute Gasteiger partial charge is 0.391 e. The molecule has 0 aromatic carbocycles. The number of phosphoric acid groups is 3. The van der Waals surface area contributed by atoms with Crippen molar-refractivity contribution in [2.75, 3.05) is 12.3 Å². The molecule has 0 aliphatic heterocycles. The summed E-state index contributed by atoms with van der Waals surface area (Å²) in [5.74, 6) is -0.0791. The van der Waals surface area contributed by atoms with Gasteiger partial charge < -0.3 is 30.4 Å². The van der Waals surface area contributed by atoms with Gasteiger partial charge in [0.25, 0.3) is 0 Å². The maximum Gasteiger partial charge on any atom is 0.490 e. The van der Waals surface area contributed by atoms with Crippen LogP contribution in [0.3, 0.4) is 0 Å². The molecule has 1 heterocycles. The molecule has 1 saturated carbocycles. The van der Waals surface area contributed by atoms with Crippen LogP contribution in [0.5, 0.6) is 0 Å². The largest absolute Gasteiger partial charge is 0.490 e. The second-order valence-corrected chi connectivity index (χ2v) is 10.7. The van der Waals surface area contributed by atoms with Crippen molar-refractivity contribution in [2.24, 2.45) is 5.41 Å². The van der Waals surface area contributed by atoms with Crippen molar-refractivity contribution in [3.63, 3.8) is 0 Å². The van der Waals surface area contributed by atoms with E-state index in [9.17, 15) is 33.8 Å². The van der Waals surface area contributed by atoms with Crippen molar-refractivity contribution >= 4 is 29.3 Å². The Kier molecular flexibility index (Phi) is 7.14. The third-order valence-electron chi connectivity index (χ3n) is 4.25. The van der Waals surface area contributed by atoms with Crippen molar-refractivity contribution in [3.05, 3.63) is 34.9 Å². The summed E-state index contributed by atoms with van der Waals surface area (Å²) in [6, 6.07) is 1.96. The van der Waals surface area contributed by atoms with Gasteiger partial charge in [0.05, 0.1) is 24.8 Å². The Balaban J connectivity index is 2.24. The van der Waals surface area contributed by atoms with Crippen molar-refractivity contribution in [2.45, 2.75) is 18.6 Å². The zero-order chi connectivity index (χ0) is 23.8. The number of nitriles is 1. The topological polar surface area (TPSA) is 265 Å². The molecule has 1 aliphatic rings. The van der Waals surface area contributed by atoms with E-state index in [-0.39, 0.29) is 17.8 Å². The SMILES string of the molecule is C=C1[C@@H](n2ccc(N)nc2=O)C[C@H](O)[C@@]1(C#N)COP(=O)(O)OP(=O)(O)OP(=O)(O)O. The van der Waals surface area contributed by atoms with Gasteiger partial charge in [-0.1, -0.05) is 6.58 Å². The van der Waals surface area contributed by atoms with Gasteiger partial charge in [-0.05, 0) is 11.6 Å². The minimum absolute atomic E-state index is 0.0791. The summed E-state index contributed by atoms with van der Waals surface area (Å²) in [5.41, 5.74) is 2.40. The van der Waals surface area contributed by atoms with Crippen LogP contribution in [0.1, 0.15) is 12.5 Å². The molecule has 31 heavy (non-hydrogen) atoms. The Morgan fingerprint density at radius 3 is 2.42 bits per heavy atom. The summed E-state index contributed by atoms with van der Waals surface area (Å²) >= 11 is 0. The van der Waals surface area contributed by atoms with Crippen molar-refractivity contribution in [1.82, 2.24) is 9.55 Å². The fourth-order valence-electron chi connectivity index (χ4n) is 2.86. The number of phosphoric ester groups is 1. The van der Waals surface area contributed by atoms with E-state index in [4.69, 9.17) is 20.4 Å². The van der Waals surface area contributed by atoms with Gasteiger partial charge in [-0.15, -0.1) is 0 Å². The van der Waals surface area contributed by atoms with Gasteiger partial charge in [0.15, 0.2) is 0 Å². The number of anilines is 1. The number of nitrogen functional groups attached to an aromatic ring is 1. The summed E-state index contributed by atoms with van der Waals surface area (Å²) in [7, 11) is -16.9. The average Bonchev–Trinajstić information content (AvgIpc) is 2.81. The van der Waals surface area contributed by atoms with E-state index in [0.717, 1.165) is 4.57 Å². The minimum atomic E-state index is -5.76. The standard InChI is InChI=1S/C12H17N4O12P3/c1-7-8(16-3-2-10(14)15-11(16)18)4-9(17)12(7,5-13)6-26-30(22,23)28-31(24,25)27-29(19,20)21/h2-3,8-9,17H,1,4,6H2,(H,22,23)(H,24,25)(H2,14,15,18)(H2,19,20,21)/t8-,9-,12-/m0/s1. The molecule has 0 bridgehead atoms. The maximum atomic E-state index is 12.1. The Hall–Kier alpha value is -1.72. The maximum absolute atomic E-state index is 12.1. The van der Waals surface area contributed by atoms with E-state index < -0.39 is 53.3 Å². The monoisotopic (exact) mass is 502 g/mol. The average molecular weight is 502 g/mol. The fraction of sp³-hybridized carbons (Fsp3) is 0.417. The summed E-state index contributed by atoms with van der Waals surface area (Å²) < 4.78 is 46.6. The molecule has 172 valence electrons. The fourth-order valence-corrected chi connectivity index (χ4v) is 5.93. The Labute approximate surface area is 173 Å². The lowest BCUT2D eigenvalue weighted by atomic mass is 9.83. The first kappa shape index (κ1) is 25.5. The van der Waals surface area contributed by atoms with Crippen LogP contribution in [0.4, 0.5) is 5.82 Å². The van der Waals surface area contributed by atoms with E-state index in [1.807, 2.05) is 0 Å². The van der Waals surface area contributed by atoms with Crippen LogP contribution in [-0.2, 0) is 26.8 Å². The van der Waals surface area contributed by atoms with Crippen LogP contribution in [0, 0.1) is 16.7 Å². The third kappa shape index (κ3) is 5.95. The number of rotatable bonds is 8. The third-order valence-corrected chi connectivity index (χ3v) is 8.03. The summed E-state index contributed by atoms with van der Waals surface area (Å²) in [4.78, 5) is 51.4. The highest BCUT2D eigenvalue weighted by Gasteiger charge is 2.53. The molecule has 0 spiro atoms. The van der Waals surface area contributed by atoms with Crippen LogP contribution in [0.2, 0.25) is 0 Å². The number of hydrogen-bond acceptors (Lipinski definition) is 11. The van der Waals surface area contributed by atoms with Crippen molar-refractivity contribution in [3.8, 4) is 6.07 Å². The quantitative estimate of drug-likeness (QED) is 0.194. The van der Waals surface area contributed by atoms with Gasteiger partial charge in [0, 0.05) is 12.6 Å². The molecule has 16 nitrogen and oxygen atoms in total. The molecule has 1 fully saturated rings. The normalized spacial score (nSPS) is 27.9. The molecule has 1 aromatic heterocycles. The van der Waals surface area contributed by atoms with Crippen molar-refractivity contribution in [1.29, 1.82) is 5.26 Å². The Morgan fingerprint density at radius 2 is 1.90 bits per heavy atom. The van der Waals surface area contributed by atoms with E-state index in [2.05, 4.69) is 24.7 Å². The van der Waals surface area contributed by atoms with Gasteiger partial charge in [-0.3, -0.25) is 9.09 Å². The molecule has 7 N–H and O–H groups in total. The number of aliphatic hydroxyl groups excluding tert-OH is 1. The van der Waals surface area contributed by atoms with Crippen LogP contribution in [0.25, 0.3) is 0 Å². The number of aromatic nitrogens is 2. The molecular weight excluding hydrogens is 485 g/mol. The molecule has 1 aliphatic carbocycles. The highest BCUT2D eigenvalue weighted by molar-refractivity contribution is 7.66.